The Balaban J connectivity index is 1.89. The van der Waals surface area contributed by atoms with E-state index in [9.17, 15) is 14.7 Å². The van der Waals surface area contributed by atoms with Crippen molar-refractivity contribution in [2.45, 2.75) is 32.4 Å². The first-order chi connectivity index (χ1) is 11.5. The predicted molar refractivity (Wildman–Crippen MR) is 88.6 cm³/mol. The van der Waals surface area contributed by atoms with Crippen LogP contribution in [-0.2, 0) is 4.79 Å². The molecule has 0 aliphatic carbocycles. The van der Waals surface area contributed by atoms with Crippen LogP contribution in [0.5, 0.6) is 0 Å². The maximum Gasteiger partial charge on any atom is 0.259 e. The summed E-state index contributed by atoms with van der Waals surface area (Å²) in [5, 5.41) is 18.6. The Morgan fingerprint density at radius 1 is 1.54 bits per heavy atom. The van der Waals surface area contributed by atoms with Gasteiger partial charge in [-0.2, -0.15) is 0 Å². The van der Waals surface area contributed by atoms with Gasteiger partial charge in [0.2, 0.25) is 5.91 Å². The van der Waals surface area contributed by atoms with E-state index in [1.165, 1.54) is 18.3 Å². The molecule has 0 bridgehead atoms. The molecule has 1 fully saturated rings. The van der Waals surface area contributed by atoms with Gasteiger partial charge in [-0.3, -0.25) is 9.59 Å². The molecule has 2 aromatic heterocycles. The van der Waals surface area contributed by atoms with Crippen LogP contribution in [0.15, 0.2) is 22.0 Å². The molecule has 1 aliphatic heterocycles. The van der Waals surface area contributed by atoms with Crippen LogP contribution in [-0.4, -0.2) is 46.1 Å². The zero-order valence-electron chi connectivity index (χ0n) is 13.5. The number of likely N-dealkylation sites (tertiary alicyclic amines) is 1. The topological polar surface area (TPSA) is 95.7 Å². The van der Waals surface area contributed by atoms with Crippen molar-refractivity contribution < 1.29 is 19.2 Å². The first-order valence-electron chi connectivity index (χ1n) is 7.75. The Morgan fingerprint density at radius 3 is 2.96 bits per heavy atom. The van der Waals surface area contributed by atoms with Crippen LogP contribution in [0, 0.1) is 0 Å². The van der Waals surface area contributed by atoms with Crippen LogP contribution >= 0.6 is 11.3 Å². The molecule has 1 saturated heterocycles. The molecule has 3 rings (SSSR count). The molecule has 0 saturated carbocycles. The first kappa shape index (κ1) is 16.7. The molecule has 0 radical (unpaired) electrons. The summed E-state index contributed by atoms with van der Waals surface area (Å²) in [4.78, 5) is 26.6. The number of carbonyl (C=O) groups excluding carboxylic acids is 2. The summed E-state index contributed by atoms with van der Waals surface area (Å²) < 4.78 is 5.24. The van der Waals surface area contributed by atoms with Crippen molar-refractivity contribution in [3.8, 4) is 10.6 Å². The van der Waals surface area contributed by atoms with Gasteiger partial charge in [0, 0.05) is 26.1 Å². The van der Waals surface area contributed by atoms with Gasteiger partial charge >= 0.3 is 0 Å². The van der Waals surface area contributed by atoms with Crippen LogP contribution in [0.1, 0.15) is 42.5 Å². The molecule has 3 heterocycles. The molecule has 2 amide bonds. The SMILES string of the molecule is CC(=O)N[C@@H]1CCN(C(=O)c2c(-c3cccs3)noc2[C@H](C)O)C1. The number of nitrogens with zero attached hydrogens (tertiary/aromatic N) is 2. The smallest absolute Gasteiger partial charge is 0.259 e. The highest BCUT2D eigenvalue weighted by atomic mass is 32.1. The normalized spacial score (nSPS) is 18.6. The van der Waals surface area contributed by atoms with E-state index in [-0.39, 0.29) is 23.6 Å². The minimum atomic E-state index is -0.932. The van der Waals surface area contributed by atoms with Crippen LogP contribution in [0.3, 0.4) is 0 Å². The highest BCUT2D eigenvalue weighted by molar-refractivity contribution is 7.13. The van der Waals surface area contributed by atoms with E-state index in [1.54, 1.807) is 11.8 Å². The first-order valence-corrected chi connectivity index (χ1v) is 8.63. The Labute approximate surface area is 143 Å². The zero-order chi connectivity index (χ0) is 17.3. The van der Waals surface area contributed by atoms with E-state index >= 15 is 0 Å². The fourth-order valence-corrected chi connectivity index (χ4v) is 3.60. The zero-order valence-corrected chi connectivity index (χ0v) is 14.3. The predicted octanol–water partition coefficient (Wildman–Crippen LogP) is 1.81. The van der Waals surface area contributed by atoms with Gasteiger partial charge in [-0.25, -0.2) is 0 Å². The number of aromatic nitrogens is 1. The molecular formula is C16H19N3O4S. The Kier molecular flexibility index (Phi) is 4.68. The van der Waals surface area contributed by atoms with Crippen molar-refractivity contribution >= 4 is 23.2 Å². The lowest BCUT2D eigenvalue weighted by molar-refractivity contribution is -0.119. The summed E-state index contributed by atoms with van der Waals surface area (Å²) in [6, 6.07) is 3.68. The van der Waals surface area contributed by atoms with Crippen molar-refractivity contribution in [2.24, 2.45) is 0 Å². The number of hydrogen-bond acceptors (Lipinski definition) is 6. The minimum Gasteiger partial charge on any atom is -0.385 e. The quantitative estimate of drug-likeness (QED) is 0.878. The largest absolute Gasteiger partial charge is 0.385 e. The molecule has 128 valence electrons. The van der Waals surface area contributed by atoms with Gasteiger partial charge in [0.1, 0.15) is 17.4 Å². The van der Waals surface area contributed by atoms with Gasteiger partial charge in [-0.05, 0) is 24.8 Å². The summed E-state index contributed by atoms with van der Waals surface area (Å²) in [7, 11) is 0. The maximum absolute atomic E-state index is 13.0. The van der Waals surface area contributed by atoms with Crippen molar-refractivity contribution in [3.05, 3.63) is 28.8 Å². The van der Waals surface area contributed by atoms with Crippen molar-refractivity contribution in [1.82, 2.24) is 15.4 Å². The van der Waals surface area contributed by atoms with Gasteiger partial charge < -0.3 is 19.8 Å². The van der Waals surface area contributed by atoms with E-state index in [0.29, 0.717) is 30.8 Å². The summed E-state index contributed by atoms with van der Waals surface area (Å²) >= 11 is 1.45. The Morgan fingerprint density at radius 2 is 2.33 bits per heavy atom. The molecule has 0 spiro atoms. The van der Waals surface area contributed by atoms with Gasteiger partial charge in [0.15, 0.2) is 5.76 Å². The summed E-state index contributed by atoms with van der Waals surface area (Å²) in [5.41, 5.74) is 0.754. The fourth-order valence-electron chi connectivity index (χ4n) is 2.88. The third-order valence-electron chi connectivity index (χ3n) is 3.95. The lowest BCUT2D eigenvalue weighted by atomic mass is 10.1. The molecule has 2 atom stereocenters. The molecule has 2 N–H and O–H groups in total. The Hall–Kier alpha value is -2.19. The molecule has 2 aromatic rings. The van der Waals surface area contributed by atoms with Gasteiger partial charge in [0.05, 0.1) is 4.88 Å². The van der Waals surface area contributed by atoms with E-state index in [1.807, 2.05) is 17.5 Å². The molecule has 0 unspecified atom stereocenters. The summed E-state index contributed by atoms with van der Waals surface area (Å²) in [6.07, 6.45) is -0.228. The fraction of sp³-hybridized carbons (Fsp3) is 0.438. The standard InChI is InChI=1S/C16H19N3O4S/c1-9(20)15-13(14(18-23-15)12-4-3-7-24-12)16(22)19-6-5-11(8-19)17-10(2)21/h3-4,7,9,11,20H,5-6,8H2,1-2H3,(H,17,21)/t9-,11+/m0/s1. The van der Waals surface area contributed by atoms with Crippen LogP contribution in [0.2, 0.25) is 0 Å². The van der Waals surface area contributed by atoms with E-state index in [2.05, 4.69) is 10.5 Å². The summed E-state index contributed by atoms with van der Waals surface area (Å²) in [6.45, 7) is 3.98. The van der Waals surface area contributed by atoms with Gasteiger partial charge in [-0.1, -0.05) is 11.2 Å². The number of aliphatic hydroxyl groups excluding tert-OH is 1. The molecule has 8 heteroatoms. The highest BCUT2D eigenvalue weighted by Crippen LogP contribution is 2.33. The maximum atomic E-state index is 13.0. The number of nitrogens with one attached hydrogen (secondary N) is 1. The Bertz CT molecular complexity index is 739. The van der Waals surface area contributed by atoms with Gasteiger partial charge in [0.25, 0.3) is 5.91 Å². The van der Waals surface area contributed by atoms with Crippen molar-refractivity contribution in [3.63, 3.8) is 0 Å². The average molecular weight is 349 g/mol. The highest BCUT2D eigenvalue weighted by Gasteiger charge is 2.34. The minimum absolute atomic E-state index is 0.0495. The number of carbonyl (C=O) groups is 2. The van der Waals surface area contributed by atoms with E-state index < -0.39 is 6.10 Å². The second-order valence-electron chi connectivity index (χ2n) is 5.86. The lowest BCUT2D eigenvalue weighted by Gasteiger charge is -2.17. The number of aliphatic hydroxyl groups is 1. The lowest BCUT2D eigenvalue weighted by Crippen LogP contribution is -2.37. The molecule has 1 aliphatic rings. The second kappa shape index (κ2) is 6.74. The molecular weight excluding hydrogens is 330 g/mol. The van der Waals surface area contributed by atoms with E-state index in [0.717, 1.165) is 4.88 Å². The van der Waals surface area contributed by atoms with Crippen LogP contribution < -0.4 is 5.32 Å². The van der Waals surface area contributed by atoms with Gasteiger partial charge in [-0.15, -0.1) is 11.3 Å². The molecule has 7 nitrogen and oxygen atoms in total. The molecule has 0 aromatic carbocycles. The third kappa shape index (κ3) is 3.20. The second-order valence-corrected chi connectivity index (χ2v) is 6.81. The number of thiophene rings is 1. The van der Waals surface area contributed by atoms with Crippen molar-refractivity contribution in [1.29, 1.82) is 0 Å². The molecule has 24 heavy (non-hydrogen) atoms. The average Bonchev–Trinajstić information content (AvgIpc) is 3.25. The third-order valence-corrected chi connectivity index (χ3v) is 4.83. The van der Waals surface area contributed by atoms with E-state index in [4.69, 9.17) is 4.52 Å². The number of hydrogen-bond donors (Lipinski definition) is 2. The van der Waals surface area contributed by atoms with Crippen LogP contribution in [0.4, 0.5) is 0 Å². The number of amides is 2. The summed E-state index contributed by atoms with van der Waals surface area (Å²) in [5.74, 6) is -0.169. The van der Waals surface area contributed by atoms with Crippen molar-refractivity contribution in [2.75, 3.05) is 13.1 Å². The van der Waals surface area contributed by atoms with Crippen LogP contribution in [0.25, 0.3) is 10.6 Å². The monoisotopic (exact) mass is 349 g/mol. The number of rotatable bonds is 4.